The molecule has 0 aliphatic heterocycles. The second-order valence-electron chi connectivity index (χ2n) is 3.30. The van der Waals surface area contributed by atoms with Crippen LogP contribution in [0.1, 0.15) is 11.1 Å². The van der Waals surface area contributed by atoms with Gasteiger partial charge in [-0.15, -0.1) is 12.1 Å². The van der Waals surface area contributed by atoms with E-state index in [4.69, 9.17) is 5.26 Å². The maximum atomic E-state index is 9.75. The topological polar surface area (TPSA) is 23.8 Å². The first kappa shape index (κ1) is 32.3. The average molecular weight is 416 g/mol. The minimum Gasteiger partial charge on any atom is -0.418 e. The Balaban J connectivity index is -0.000000122. The SMILES string of the molecule is F[B-](F)(F)F.F[B-](F)(F)F.F[B-](F)(F)F.[CH2-]c1cccc(C#N)c1.[K+]. The summed E-state index contributed by atoms with van der Waals surface area (Å²) in [6.45, 7) is 3.68. The molecular formula is C8H6B3F12KN-3. The van der Waals surface area contributed by atoms with Crippen molar-refractivity contribution in [1.82, 2.24) is 0 Å². The van der Waals surface area contributed by atoms with Crippen LogP contribution in [0.25, 0.3) is 0 Å². The van der Waals surface area contributed by atoms with Gasteiger partial charge in [-0.3, -0.25) is 0 Å². The number of hydrogen-bond acceptors (Lipinski definition) is 1. The number of halogens is 12. The number of nitrogens with zero attached hydrogens (tertiary/aromatic N) is 1. The van der Waals surface area contributed by atoms with Crippen LogP contribution < -0.4 is 51.4 Å². The summed E-state index contributed by atoms with van der Waals surface area (Å²) in [6.07, 6.45) is 0. The molecule has 25 heavy (non-hydrogen) atoms. The summed E-state index contributed by atoms with van der Waals surface area (Å²) in [5, 5.41) is 8.38. The fraction of sp³-hybridized carbons (Fsp3) is 0. The summed E-state index contributed by atoms with van der Waals surface area (Å²) in [4.78, 5) is 0. The van der Waals surface area contributed by atoms with Crippen molar-refractivity contribution in [2.75, 3.05) is 0 Å². The molecule has 0 atom stereocenters. The molecule has 0 spiro atoms. The zero-order chi connectivity index (χ0) is 20.2. The minimum atomic E-state index is -6.00. The third-order valence-corrected chi connectivity index (χ3v) is 1.06. The predicted octanol–water partition coefficient (Wildman–Crippen LogP) is 2.64. The Bertz CT molecular complexity index is 448. The zero-order valence-electron chi connectivity index (χ0n) is 12.2. The standard InChI is InChI=1S/C8H6N.3BF4.K/c1-7-3-2-4-8(5-7)6-9;3*2-1(3,4)5;/h2-5H,1H2;;;;/q4*-1;+1. The molecule has 0 radical (unpaired) electrons. The van der Waals surface area contributed by atoms with Crippen molar-refractivity contribution in [3.05, 3.63) is 42.3 Å². The summed E-state index contributed by atoms with van der Waals surface area (Å²) in [6, 6.07) is 9.22. The van der Waals surface area contributed by atoms with Crippen LogP contribution in [0, 0.1) is 18.3 Å². The number of rotatable bonds is 0. The third kappa shape index (κ3) is 81.9. The summed E-state index contributed by atoms with van der Waals surface area (Å²) >= 11 is 0. The van der Waals surface area contributed by atoms with Gasteiger partial charge in [0.25, 0.3) is 0 Å². The second kappa shape index (κ2) is 14.7. The first-order chi connectivity index (χ1) is 10.3. The van der Waals surface area contributed by atoms with Crippen LogP contribution in [0.15, 0.2) is 24.3 Å². The van der Waals surface area contributed by atoms with E-state index in [2.05, 4.69) is 6.92 Å². The van der Waals surface area contributed by atoms with E-state index in [1.807, 2.05) is 18.2 Å². The van der Waals surface area contributed by atoms with Gasteiger partial charge in [-0.2, -0.15) is 23.8 Å². The molecule has 0 unspecified atom stereocenters. The molecule has 0 N–H and O–H groups in total. The van der Waals surface area contributed by atoms with Crippen LogP contribution in [0.2, 0.25) is 0 Å². The van der Waals surface area contributed by atoms with Crippen molar-refractivity contribution < 1.29 is 103 Å². The van der Waals surface area contributed by atoms with Crippen LogP contribution in [-0.2, 0) is 0 Å². The molecule has 140 valence electrons. The van der Waals surface area contributed by atoms with E-state index in [0.29, 0.717) is 5.56 Å². The smallest absolute Gasteiger partial charge is 0.418 e. The van der Waals surface area contributed by atoms with E-state index in [1.54, 1.807) is 12.1 Å². The fourth-order valence-corrected chi connectivity index (χ4v) is 0.641. The van der Waals surface area contributed by atoms with E-state index < -0.39 is 21.8 Å². The largest absolute Gasteiger partial charge is 1.00 e. The normalized spacial score (nSPS) is 10.2. The quantitative estimate of drug-likeness (QED) is 0.363. The van der Waals surface area contributed by atoms with Gasteiger partial charge in [-0.05, 0) is 5.56 Å². The van der Waals surface area contributed by atoms with Gasteiger partial charge < -0.3 is 51.8 Å². The molecule has 0 heterocycles. The van der Waals surface area contributed by atoms with E-state index in [0.717, 1.165) is 5.56 Å². The van der Waals surface area contributed by atoms with Gasteiger partial charge >= 0.3 is 73.1 Å². The van der Waals surface area contributed by atoms with E-state index in [-0.39, 0.29) is 51.4 Å². The molecule has 0 amide bonds. The Morgan fingerprint density at radius 2 is 1.00 bits per heavy atom. The van der Waals surface area contributed by atoms with Crippen LogP contribution in [-0.4, -0.2) is 21.8 Å². The molecular weight excluding hydrogens is 410 g/mol. The van der Waals surface area contributed by atoms with Gasteiger partial charge in [-0.1, -0.05) is 6.07 Å². The zero-order valence-corrected chi connectivity index (χ0v) is 15.4. The van der Waals surface area contributed by atoms with Crippen LogP contribution >= 0.6 is 0 Å². The van der Waals surface area contributed by atoms with Crippen LogP contribution in [0.4, 0.5) is 51.8 Å². The van der Waals surface area contributed by atoms with Crippen molar-refractivity contribution in [2.24, 2.45) is 0 Å². The predicted molar refractivity (Wildman–Crippen MR) is 66.2 cm³/mol. The molecule has 0 aromatic heterocycles. The molecule has 1 nitrogen and oxygen atoms in total. The van der Waals surface area contributed by atoms with E-state index in [9.17, 15) is 51.8 Å². The van der Waals surface area contributed by atoms with Crippen LogP contribution in [0.5, 0.6) is 0 Å². The molecule has 0 aliphatic rings. The van der Waals surface area contributed by atoms with Crippen LogP contribution in [0.3, 0.4) is 0 Å². The molecule has 0 aliphatic carbocycles. The van der Waals surface area contributed by atoms with Gasteiger partial charge in [0.15, 0.2) is 0 Å². The first-order valence-electron chi connectivity index (χ1n) is 5.27. The van der Waals surface area contributed by atoms with Crippen molar-refractivity contribution in [2.45, 2.75) is 0 Å². The number of nitriles is 1. The summed E-state index contributed by atoms with van der Waals surface area (Å²) in [5.41, 5.74) is 1.55. The molecule has 0 saturated carbocycles. The molecule has 0 fully saturated rings. The molecule has 0 saturated heterocycles. The fourth-order valence-electron chi connectivity index (χ4n) is 0.641. The Labute approximate surface area is 177 Å². The Hall–Kier alpha value is -0.429. The Morgan fingerprint density at radius 1 is 0.720 bits per heavy atom. The summed E-state index contributed by atoms with van der Waals surface area (Å²) in [5.74, 6) is 0. The van der Waals surface area contributed by atoms with Crippen molar-refractivity contribution in [1.29, 1.82) is 5.26 Å². The van der Waals surface area contributed by atoms with E-state index in [1.165, 1.54) is 0 Å². The average Bonchev–Trinajstić information content (AvgIpc) is 2.21. The van der Waals surface area contributed by atoms with Gasteiger partial charge in [-0.25, -0.2) is 0 Å². The summed E-state index contributed by atoms with van der Waals surface area (Å²) < 4.78 is 117. The first-order valence-corrected chi connectivity index (χ1v) is 5.27. The molecule has 1 aromatic rings. The molecule has 17 heteroatoms. The monoisotopic (exact) mass is 416 g/mol. The van der Waals surface area contributed by atoms with Gasteiger partial charge in [0.05, 0.1) is 6.07 Å². The van der Waals surface area contributed by atoms with Crippen molar-refractivity contribution in [3.63, 3.8) is 0 Å². The third-order valence-electron chi connectivity index (χ3n) is 1.06. The molecule has 0 bridgehead atoms. The second-order valence-corrected chi connectivity index (χ2v) is 3.30. The van der Waals surface area contributed by atoms with E-state index >= 15 is 0 Å². The Kier molecular flexibility index (Phi) is 19.0. The molecule has 1 aromatic carbocycles. The van der Waals surface area contributed by atoms with Gasteiger partial charge in [0.2, 0.25) is 0 Å². The van der Waals surface area contributed by atoms with Crippen molar-refractivity contribution in [3.8, 4) is 6.07 Å². The summed E-state index contributed by atoms with van der Waals surface area (Å²) in [7, 11) is -18.0. The maximum absolute atomic E-state index is 9.75. The number of hydrogen-bond donors (Lipinski definition) is 0. The number of benzene rings is 1. The Morgan fingerprint density at radius 3 is 1.16 bits per heavy atom. The van der Waals surface area contributed by atoms with Gasteiger partial charge in [0, 0.05) is 0 Å². The molecule has 1 rings (SSSR count). The van der Waals surface area contributed by atoms with Gasteiger partial charge in [0.1, 0.15) is 0 Å². The van der Waals surface area contributed by atoms with Crippen molar-refractivity contribution >= 4 is 21.8 Å². The maximum Gasteiger partial charge on any atom is 1.00 e. The minimum absolute atomic E-state index is 0.